The van der Waals surface area contributed by atoms with Crippen molar-refractivity contribution in [2.24, 2.45) is 0 Å². The molecule has 0 radical (unpaired) electrons. The Balaban J connectivity index is 0.000000418. The summed E-state index contributed by atoms with van der Waals surface area (Å²) >= 11 is 2.07. The third-order valence-electron chi connectivity index (χ3n) is 22.4. The van der Waals surface area contributed by atoms with Gasteiger partial charge >= 0.3 is 218 Å². The maximum absolute atomic E-state index is 7.29. The minimum atomic E-state index is 0. The molecular formula is C116H103Ir6N13OSSe. The van der Waals surface area contributed by atoms with Crippen LogP contribution in [0.1, 0.15) is 16.7 Å². The van der Waals surface area contributed by atoms with Gasteiger partial charge in [-0.2, -0.15) is 0 Å². The van der Waals surface area contributed by atoms with Crippen LogP contribution in [0.25, 0.3) is 194 Å². The fraction of sp³-hybridized carbons (Fsp3) is 0.0431. The molecule has 12 aromatic heterocycles. The molecule has 26 aromatic rings. The number of thiazole rings is 1. The first-order chi connectivity index (χ1) is 59.1. The number of oxazole rings is 1. The van der Waals surface area contributed by atoms with Crippen molar-refractivity contribution in [1.82, 2.24) is 52.1 Å². The fourth-order valence-corrected chi connectivity index (χ4v) is 19.9. The third kappa shape index (κ3) is 21.4. The van der Waals surface area contributed by atoms with Gasteiger partial charge in [-0.05, 0) is 102 Å². The van der Waals surface area contributed by atoms with Crippen LogP contribution in [-0.2, 0) is 121 Å². The zero-order valence-electron chi connectivity index (χ0n) is 79.6. The molecule has 0 aliphatic heterocycles. The van der Waals surface area contributed by atoms with Gasteiger partial charge in [0.15, 0.2) is 12.1 Å². The van der Waals surface area contributed by atoms with E-state index in [4.69, 9.17) is 16.0 Å². The van der Waals surface area contributed by atoms with Gasteiger partial charge in [-0.3, -0.25) is 24.9 Å². The molecule has 0 aliphatic carbocycles. The van der Waals surface area contributed by atoms with Crippen molar-refractivity contribution in [2.45, 2.75) is 20.8 Å². The molecule has 22 heteroatoms. The molecule has 0 saturated carbocycles. The number of imidazole rings is 3. The van der Waals surface area contributed by atoms with Crippen LogP contribution in [0, 0.1) is 153 Å². The second-order valence-electron chi connectivity index (χ2n) is 29.7. The average Bonchev–Trinajstić information content (AvgIpc) is 1.58. The molecule has 138 heavy (non-hydrogen) atoms. The molecule has 704 valence electrons. The molecule has 14 nitrogen and oxygen atoms in total. The van der Waals surface area contributed by atoms with Gasteiger partial charge < -0.3 is 116 Å². The van der Waals surface area contributed by atoms with Gasteiger partial charge in [0.05, 0.1) is 46.4 Å². The Labute approximate surface area is 903 Å². The average molecular weight is 2960 g/mol. The summed E-state index contributed by atoms with van der Waals surface area (Å²) in [5, 5.41) is 20.4. The van der Waals surface area contributed by atoms with Gasteiger partial charge in [-0.15, -0.1) is 143 Å². The van der Waals surface area contributed by atoms with E-state index in [-0.39, 0.29) is 210 Å². The Morgan fingerprint density at radius 3 is 1.49 bits per heavy atom. The number of pyridine rings is 4. The van der Waals surface area contributed by atoms with Crippen LogP contribution in [-0.4, -0.2) is 80.7 Å². The summed E-state index contributed by atoms with van der Waals surface area (Å²) in [5.41, 5.74) is 25.9. The zero-order chi connectivity index (χ0) is 80.6. The first-order valence-corrected chi connectivity index (χ1v) is 41.9. The van der Waals surface area contributed by atoms with Crippen LogP contribution >= 0.6 is 11.3 Å². The summed E-state index contributed by atoms with van der Waals surface area (Å²) in [6.45, 7) is 13.8. The van der Waals surface area contributed by atoms with E-state index >= 15 is 0 Å². The number of para-hydroxylation sites is 1. The zero-order valence-corrected chi connectivity index (χ0v) is 96.5. The van der Waals surface area contributed by atoms with E-state index in [9.17, 15) is 0 Å². The van der Waals surface area contributed by atoms with Crippen LogP contribution in [0.4, 0.5) is 11.4 Å². The van der Waals surface area contributed by atoms with E-state index in [0.717, 1.165) is 115 Å². The number of fused-ring (bicyclic) bond motifs is 36. The summed E-state index contributed by atoms with van der Waals surface area (Å²) in [6.07, 6.45) is 15.3. The van der Waals surface area contributed by atoms with Crippen molar-refractivity contribution in [3.8, 4) is 16.8 Å². The molecule has 0 bridgehead atoms. The molecule has 26 rings (SSSR count). The van der Waals surface area contributed by atoms with Crippen molar-refractivity contribution in [2.75, 3.05) is 19.0 Å². The Bertz CT molecular complexity index is 8240. The first-order valence-electron chi connectivity index (χ1n) is 39.2. The number of aryl methyl sites for hydroxylation is 3. The molecule has 0 atom stereocenters. The van der Waals surface area contributed by atoms with Gasteiger partial charge in [0, 0.05) is 82.2 Å². The molecule has 0 amide bonds. The molecular weight excluding hydrogens is 2860 g/mol. The van der Waals surface area contributed by atoms with Gasteiger partial charge in [0.2, 0.25) is 0 Å². The smallest absolute Gasteiger partial charge is 0.171 e. The largest absolute Gasteiger partial charge is 0.454 e. The minimum Gasteiger partial charge on any atom is -0.454 e. The Hall–Kier alpha value is -11.2. The van der Waals surface area contributed by atoms with Gasteiger partial charge in [0.1, 0.15) is 5.58 Å². The standard InChI is InChI=1S/C22H18N3.C22H12N3.C17H14N3.C15H8NO.C15H8NS.C13H7N2Se.12CH3.6Ir/c1-14-11-15(2)21(16(3)12-14)25-13-23-20-17-7-4-5-8-18(17)24-10-6-9-19(24)22(20)25;1-23-16-7-4-6-15(14-16)17-9-5-10-19-21(17)18-8-2-3-11-20(18)25-13-12-24-22(19)25;1-19(2)12-7-8-16-15(11-12)13-5-3-4-6-14(13)17-18-9-10-20(16)17;2*1-3-7-12-10(5-1)11-6-2-4-8-13(11)15-14(12)16-9-17-15;1-2-5-10-9(4-1)12-13(16-8-14-12)11-6-3-7-15(10)11;;;;;;;;;;;;;;;;;;/h4-6,8-13H,1-3H3;2-9,11-14H;3-5,7-11H,1-2H3;2*1-6,8-9H;1-3,5-8H;12*1H3;;;;;;/q18*-1;6*+3. The Morgan fingerprint density at radius 2 is 0.877 bits per heavy atom. The maximum atomic E-state index is 7.29. The van der Waals surface area contributed by atoms with Gasteiger partial charge in [0.25, 0.3) is 0 Å². The van der Waals surface area contributed by atoms with Crippen LogP contribution in [0.3, 0.4) is 0 Å². The number of aromatic nitrogens is 11. The number of nitrogens with zero attached hydrogens (tertiary/aromatic N) is 13. The van der Waals surface area contributed by atoms with E-state index in [1.165, 1.54) is 103 Å². The molecule has 0 fully saturated rings. The third-order valence-corrected chi connectivity index (χ3v) is 25.1. The van der Waals surface area contributed by atoms with E-state index < -0.39 is 0 Å². The number of anilines is 1. The van der Waals surface area contributed by atoms with Crippen LogP contribution in [0.5, 0.6) is 0 Å². The number of hydrogen-bond acceptors (Lipinski definition) is 9. The molecule has 0 N–H and O–H groups in total. The molecule has 12 heterocycles. The summed E-state index contributed by atoms with van der Waals surface area (Å²) in [6, 6.07) is 107. The Morgan fingerprint density at radius 1 is 0.384 bits per heavy atom. The van der Waals surface area contributed by atoms with E-state index in [1.54, 1.807) is 11.3 Å². The maximum Gasteiger partial charge on any atom is 0.171 e. The summed E-state index contributed by atoms with van der Waals surface area (Å²) < 4.78 is 19.1. The summed E-state index contributed by atoms with van der Waals surface area (Å²) in [4.78, 5) is 32.8. The van der Waals surface area contributed by atoms with E-state index in [2.05, 4.69) is 286 Å². The van der Waals surface area contributed by atoms with Gasteiger partial charge in [-0.1, -0.05) is 157 Å². The van der Waals surface area contributed by atoms with Crippen molar-refractivity contribution < 1.29 is 125 Å². The Kier molecular flexibility index (Phi) is 45.2. The first kappa shape index (κ1) is 121. The second kappa shape index (κ2) is 51.6. The molecule has 14 aromatic carbocycles. The van der Waals surface area contributed by atoms with Crippen molar-refractivity contribution in [3.63, 3.8) is 0 Å². The number of rotatable bonds is 3. The monoisotopic (exact) mass is 2960 g/mol. The van der Waals surface area contributed by atoms with E-state index in [0.29, 0.717) is 20.2 Å². The van der Waals surface area contributed by atoms with Crippen molar-refractivity contribution >= 4 is 210 Å². The van der Waals surface area contributed by atoms with Crippen molar-refractivity contribution in [1.29, 1.82) is 0 Å². The molecule has 0 saturated heterocycles. The number of hydrogen-bond donors (Lipinski definition) is 0. The normalized spacial score (nSPS) is 10.0. The summed E-state index contributed by atoms with van der Waals surface area (Å²) in [7, 11) is 4.12. The second-order valence-corrected chi connectivity index (χ2v) is 32.3. The van der Waals surface area contributed by atoms with Gasteiger partial charge in [-0.25, -0.2) is 4.85 Å². The molecule has 0 aliphatic rings. The topological polar surface area (TPSA) is 121 Å². The molecule has 0 unspecified atom stereocenters. The predicted octanol–water partition coefficient (Wildman–Crippen LogP) is 30.5. The number of benzene rings is 14. The SMILES string of the molecule is CN(C)c1ccc2c(c1)c1ccc[c-]c1c1nccn21.Cc1cc(C)c(-n2cnc3c4[c-]cccc4n4cccc4c32)c(C)c1.[C-]#[N+]c1cccc(-c2cc[c-]c3c2c2ccccc2n2ccnc32)c1.[CH3-].[CH3-].[CH3-].[CH3-].[CH3-].[CH3-].[CH3-].[CH3-].[CH3-].[CH3-].[CH3-].[CH3-].[Ir+3].[Ir+3].[Ir+3].[Ir+3].[Ir+3].[Ir+3].[c-]1cccc2c1c1nc[se]c1c1cccn21.[c-]1cccc2c1c1ncoc1c1ccccc21.[c-]1cccc2c1c1ncsc1c1ccccc21. The fourth-order valence-electron chi connectivity index (χ4n) is 17.4. The van der Waals surface area contributed by atoms with Crippen LogP contribution < -0.4 is 4.90 Å². The van der Waals surface area contributed by atoms with Crippen molar-refractivity contribution in [3.05, 3.63) is 469 Å². The van der Waals surface area contributed by atoms with Crippen LogP contribution in [0.15, 0.2) is 320 Å². The van der Waals surface area contributed by atoms with E-state index in [1.807, 2.05) is 151 Å². The summed E-state index contributed by atoms with van der Waals surface area (Å²) in [5.74, 6) is 0. The van der Waals surface area contributed by atoms with Crippen LogP contribution in [0.2, 0.25) is 0 Å². The predicted molar refractivity (Wildman–Crippen MR) is 571 cm³/mol. The minimum absolute atomic E-state index is 0. The molecule has 0 spiro atoms. The quantitative estimate of drug-likeness (QED) is 0.0974.